The summed E-state index contributed by atoms with van der Waals surface area (Å²) in [5, 5.41) is 4.43. The van der Waals surface area contributed by atoms with Gasteiger partial charge >= 0.3 is 0 Å². The molecule has 0 bridgehead atoms. The van der Waals surface area contributed by atoms with Crippen molar-refractivity contribution >= 4 is 11.0 Å². The lowest BCUT2D eigenvalue weighted by atomic mass is 9.80. The van der Waals surface area contributed by atoms with Crippen LogP contribution in [0.2, 0.25) is 0 Å². The summed E-state index contributed by atoms with van der Waals surface area (Å²) in [5.74, 6) is 1.56. The number of hydrogen-bond donors (Lipinski definition) is 1. The van der Waals surface area contributed by atoms with E-state index in [1.54, 1.807) is 12.1 Å². The van der Waals surface area contributed by atoms with E-state index in [0.717, 1.165) is 42.0 Å². The van der Waals surface area contributed by atoms with E-state index in [1.807, 2.05) is 6.07 Å². The molecular formula is C17H22FNO. The van der Waals surface area contributed by atoms with Gasteiger partial charge in [0, 0.05) is 5.39 Å². The minimum absolute atomic E-state index is 0.207. The fraction of sp³-hybridized carbons (Fsp3) is 0.529. The van der Waals surface area contributed by atoms with Crippen molar-refractivity contribution < 1.29 is 8.81 Å². The second kappa shape index (κ2) is 5.96. The molecule has 0 amide bonds. The van der Waals surface area contributed by atoms with Crippen LogP contribution in [0.3, 0.4) is 0 Å². The van der Waals surface area contributed by atoms with Gasteiger partial charge in [0.1, 0.15) is 17.2 Å². The van der Waals surface area contributed by atoms with Crippen LogP contribution in [0.25, 0.3) is 11.0 Å². The SMILES string of the molecule is CCCNC(CC1CCC1)c1cc2cc(F)ccc2o1. The van der Waals surface area contributed by atoms with Gasteiger partial charge in [0.05, 0.1) is 6.04 Å². The molecule has 1 aliphatic carbocycles. The van der Waals surface area contributed by atoms with Gasteiger partial charge in [-0.2, -0.15) is 0 Å². The summed E-state index contributed by atoms with van der Waals surface area (Å²) in [7, 11) is 0. The second-order valence-corrected chi connectivity index (χ2v) is 5.87. The number of hydrogen-bond acceptors (Lipinski definition) is 2. The summed E-state index contributed by atoms with van der Waals surface area (Å²) in [6.45, 7) is 3.16. The lowest BCUT2D eigenvalue weighted by Gasteiger charge is -2.29. The number of benzene rings is 1. The third kappa shape index (κ3) is 2.88. The van der Waals surface area contributed by atoms with E-state index in [4.69, 9.17) is 4.42 Å². The van der Waals surface area contributed by atoms with Crippen molar-refractivity contribution in [3.63, 3.8) is 0 Å². The van der Waals surface area contributed by atoms with Crippen molar-refractivity contribution in [2.45, 2.75) is 45.1 Å². The molecule has 1 aliphatic rings. The van der Waals surface area contributed by atoms with Gasteiger partial charge in [-0.25, -0.2) is 4.39 Å². The summed E-state index contributed by atoms with van der Waals surface area (Å²) >= 11 is 0. The fourth-order valence-electron chi connectivity index (χ4n) is 2.89. The molecule has 0 spiro atoms. The zero-order chi connectivity index (χ0) is 13.9. The van der Waals surface area contributed by atoms with E-state index in [1.165, 1.54) is 25.3 Å². The van der Waals surface area contributed by atoms with Crippen LogP contribution in [0, 0.1) is 11.7 Å². The molecule has 2 aromatic rings. The number of fused-ring (bicyclic) bond motifs is 1. The van der Waals surface area contributed by atoms with Crippen molar-refractivity contribution in [1.29, 1.82) is 0 Å². The summed E-state index contributed by atoms with van der Waals surface area (Å²) in [6.07, 6.45) is 6.26. The van der Waals surface area contributed by atoms with Crippen LogP contribution in [-0.4, -0.2) is 6.54 Å². The van der Waals surface area contributed by atoms with Crippen LogP contribution < -0.4 is 5.32 Å². The van der Waals surface area contributed by atoms with Crippen molar-refractivity contribution in [2.75, 3.05) is 6.54 Å². The molecule has 0 aliphatic heterocycles. The molecule has 0 radical (unpaired) electrons. The zero-order valence-corrected chi connectivity index (χ0v) is 12.0. The van der Waals surface area contributed by atoms with Gasteiger partial charge in [-0.15, -0.1) is 0 Å². The summed E-state index contributed by atoms with van der Waals surface area (Å²) in [5.41, 5.74) is 0.776. The van der Waals surface area contributed by atoms with Crippen molar-refractivity contribution in [1.82, 2.24) is 5.32 Å². The van der Waals surface area contributed by atoms with E-state index in [9.17, 15) is 4.39 Å². The molecule has 0 saturated heterocycles. The first-order chi connectivity index (χ1) is 9.76. The molecule has 1 atom stereocenters. The van der Waals surface area contributed by atoms with Crippen LogP contribution >= 0.6 is 0 Å². The maximum atomic E-state index is 13.3. The first-order valence-corrected chi connectivity index (χ1v) is 7.68. The van der Waals surface area contributed by atoms with Gasteiger partial charge in [-0.3, -0.25) is 0 Å². The van der Waals surface area contributed by atoms with Crippen molar-refractivity contribution in [2.24, 2.45) is 5.92 Å². The van der Waals surface area contributed by atoms with E-state index >= 15 is 0 Å². The van der Waals surface area contributed by atoms with Crippen molar-refractivity contribution in [3.8, 4) is 0 Å². The summed E-state index contributed by atoms with van der Waals surface area (Å²) < 4.78 is 19.2. The molecule has 1 saturated carbocycles. The third-order valence-corrected chi connectivity index (χ3v) is 4.28. The summed E-state index contributed by atoms with van der Waals surface area (Å²) in [6, 6.07) is 6.97. The van der Waals surface area contributed by atoms with E-state index in [-0.39, 0.29) is 11.9 Å². The van der Waals surface area contributed by atoms with Gasteiger partial charge in [0.25, 0.3) is 0 Å². The maximum absolute atomic E-state index is 13.3. The van der Waals surface area contributed by atoms with Crippen LogP contribution in [0.4, 0.5) is 4.39 Å². The Labute approximate surface area is 119 Å². The van der Waals surface area contributed by atoms with Crippen LogP contribution in [0.5, 0.6) is 0 Å². The van der Waals surface area contributed by atoms with Crippen molar-refractivity contribution in [3.05, 3.63) is 35.8 Å². The molecule has 1 unspecified atom stereocenters. The van der Waals surface area contributed by atoms with Gasteiger partial charge < -0.3 is 9.73 Å². The Morgan fingerprint density at radius 3 is 2.90 bits per heavy atom. The largest absolute Gasteiger partial charge is 0.459 e. The lowest BCUT2D eigenvalue weighted by molar-refractivity contribution is 0.248. The average molecular weight is 275 g/mol. The maximum Gasteiger partial charge on any atom is 0.134 e. The van der Waals surface area contributed by atoms with Crippen LogP contribution in [-0.2, 0) is 0 Å². The Hall–Kier alpha value is -1.35. The second-order valence-electron chi connectivity index (χ2n) is 5.87. The van der Waals surface area contributed by atoms with Gasteiger partial charge in [-0.1, -0.05) is 26.2 Å². The van der Waals surface area contributed by atoms with Crippen LogP contribution in [0.15, 0.2) is 28.7 Å². The minimum atomic E-state index is -0.207. The smallest absolute Gasteiger partial charge is 0.134 e. The van der Waals surface area contributed by atoms with E-state index in [2.05, 4.69) is 12.2 Å². The molecule has 1 aromatic heterocycles. The third-order valence-electron chi connectivity index (χ3n) is 4.28. The Morgan fingerprint density at radius 2 is 2.20 bits per heavy atom. The highest BCUT2D eigenvalue weighted by Gasteiger charge is 2.24. The average Bonchev–Trinajstić information content (AvgIpc) is 2.79. The predicted molar refractivity (Wildman–Crippen MR) is 79.2 cm³/mol. The molecule has 3 rings (SSSR count). The Morgan fingerprint density at radius 1 is 1.35 bits per heavy atom. The molecule has 3 heteroatoms. The highest BCUT2D eigenvalue weighted by atomic mass is 19.1. The van der Waals surface area contributed by atoms with E-state index < -0.39 is 0 Å². The first kappa shape index (κ1) is 13.6. The Kier molecular flexibility index (Phi) is 4.06. The molecule has 1 fully saturated rings. The molecule has 2 nitrogen and oxygen atoms in total. The lowest BCUT2D eigenvalue weighted by Crippen LogP contribution is -2.26. The van der Waals surface area contributed by atoms with Gasteiger partial charge in [0.15, 0.2) is 0 Å². The van der Waals surface area contributed by atoms with E-state index in [0.29, 0.717) is 0 Å². The van der Waals surface area contributed by atoms with Gasteiger partial charge in [0.2, 0.25) is 0 Å². The molecular weight excluding hydrogens is 253 g/mol. The summed E-state index contributed by atoms with van der Waals surface area (Å²) in [4.78, 5) is 0. The van der Waals surface area contributed by atoms with Gasteiger partial charge in [-0.05, 0) is 49.6 Å². The highest BCUT2D eigenvalue weighted by Crippen LogP contribution is 2.36. The predicted octanol–water partition coefficient (Wildman–Crippen LogP) is 4.80. The molecule has 1 N–H and O–H groups in total. The number of halogens is 1. The number of nitrogens with one attached hydrogen (secondary N) is 1. The normalized spacial score (nSPS) is 17.3. The number of furan rings is 1. The Balaban J connectivity index is 1.82. The Bertz CT molecular complexity index is 573. The molecule has 108 valence electrons. The molecule has 1 aromatic carbocycles. The molecule has 20 heavy (non-hydrogen) atoms. The fourth-order valence-corrected chi connectivity index (χ4v) is 2.89. The number of rotatable bonds is 6. The minimum Gasteiger partial charge on any atom is -0.459 e. The highest BCUT2D eigenvalue weighted by molar-refractivity contribution is 5.78. The monoisotopic (exact) mass is 275 g/mol. The van der Waals surface area contributed by atoms with Crippen LogP contribution in [0.1, 0.15) is 50.8 Å². The quantitative estimate of drug-likeness (QED) is 0.819. The molecule has 1 heterocycles. The zero-order valence-electron chi connectivity index (χ0n) is 12.0. The first-order valence-electron chi connectivity index (χ1n) is 7.68. The standard InChI is InChI=1S/C17H22FNO/c1-2-8-19-15(9-12-4-3-5-12)17-11-13-10-14(18)6-7-16(13)20-17/h6-7,10-12,15,19H,2-5,8-9H2,1H3. The topological polar surface area (TPSA) is 25.2 Å².